The fourth-order valence-corrected chi connectivity index (χ4v) is 4.32. The van der Waals surface area contributed by atoms with Gasteiger partial charge in [-0.2, -0.15) is 10.2 Å². The monoisotopic (exact) mass is 433 g/mol. The summed E-state index contributed by atoms with van der Waals surface area (Å²) < 4.78 is 4.84. The van der Waals surface area contributed by atoms with E-state index < -0.39 is 0 Å². The minimum absolute atomic E-state index is 0.228. The molecule has 2 aromatic carbocycles. The van der Waals surface area contributed by atoms with E-state index in [1.165, 1.54) is 0 Å². The molecule has 0 bridgehead atoms. The van der Waals surface area contributed by atoms with Gasteiger partial charge in [-0.1, -0.05) is 40.2 Å². The molecule has 1 aliphatic heterocycles. The van der Waals surface area contributed by atoms with Crippen LogP contribution in [0.15, 0.2) is 63.8 Å². The molecule has 7 heteroatoms. The van der Waals surface area contributed by atoms with Crippen molar-refractivity contribution in [3.63, 3.8) is 0 Å². The normalized spacial score (nSPS) is 15.6. The number of carbonyl (C=O) groups is 1. The molecule has 0 unspecified atom stereocenters. The molecule has 3 heterocycles. The molecule has 1 aliphatic rings. The molecule has 1 N–H and O–H groups in total. The average molecular weight is 434 g/mol. The smallest absolute Gasteiger partial charge is 0.273 e. The number of halogens is 1. The second kappa shape index (κ2) is 6.17. The van der Waals surface area contributed by atoms with Crippen molar-refractivity contribution in [1.29, 1.82) is 0 Å². The Labute approximate surface area is 169 Å². The Balaban J connectivity index is 1.71. The Bertz CT molecular complexity index is 1340. The van der Waals surface area contributed by atoms with Gasteiger partial charge in [-0.05, 0) is 24.3 Å². The van der Waals surface area contributed by atoms with E-state index in [0.29, 0.717) is 17.0 Å². The number of hydrazone groups is 1. The van der Waals surface area contributed by atoms with Gasteiger partial charge in [0.25, 0.3) is 5.91 Å². The third-order valence-corrected chi connectivity index (χ3v) is 5.70. The largest absolute Gasteiger partial charge is 0.350 e. The molecule has 0 spiro atoms. The van der Waals surface area contributed by atoms with E-state index in [4.69, 9.17) is 0 Å². The van der Waals surface area contributed by atoms with Crippen LogP contribution in [0.1, 0.15) is 11.3 Å². The van der Waals surface area contributed by atoms with Crippen molar-refractivity contribution < 1.29 is 4.79 Å². The number of hydrogen-bond donors (Lipinski definition) is 1. The predicted octanol–water partition coefficient (Wildman–Crippen LogP) is 3.75. The first-order valence-corrected chi connectivity index (χ1v) is 9.59. The standard InChI is InChI=1S/C21H16BrN5O/c1-26-11-12(18-15(22)7-5-9-17(18)26)10-14-19(23-24-21(14)28)20-13-6-3-4-8-16(13)27(2)25-20/h3-11H,1-2H3,(H,24,28). The van der Waals surface area contributed by atoms with Gasteiger partial charge in [-0.3, -0.25) is 9.48 Å². The number of benzene rings is 2. The van der Waals surface area contributed by atoms with Crippen LogP contribution >= 0.6 is 15.9 Å². The summed E-state index contributed by atoms with van der Waals surface area (Å²) in [4.78, 5) is 12.6. The molecular formula is C21H16BrN5O. The average Bonchev–Trinajstić information content (AvgIpc) is 3.32. The fourth-order valence-electron chi connectivity index (χ4n) is 3.74. The second-order valence-electron chi connectivity index (χ2n) is 6.78. The van der Waals surface area contributed by atoms with Crippen LogP contribution in [0.2, 0.25) is 0 Å². The summed E-state index contributed by atoms with van der Waals surface area (Å²) in [5.41, 5.74) is 7.38. The zero-order valence-corrected chi connectivity index (χ0v) is 16.9. The Morgan fingerprint density at radius 3 is 2.71 bits per heavy atom. The highest BCUT2D eigenvalue weighted by atomic mass is 79.9. The van der Waals surface area contributed by atoms with E-state index in [-0.39, 0.29) is 5.91 Å². The summed E-state index contributed by atoms with van der Waals surface area (Å²) in [6.07, 6.45) is 3.90. The van der Waals surface area contributed by atoms with Gasteiger partial charge in [0.1, 0.15) is 11.4 Å². The number of aromatic nitrogens is 3. The van der Waals surface area contributed by atoms with E-state index in [1.807, 2.05) is 72.0 Å². The molecule has 28 heavy (non-hydrogen) atoms. The molecular weight excluding hydrogens is 418 g/mol. The number of nitrogens with one attached hydrogen (secondary N) is 1. The van der Waals surface area contributed by atoms with Gasteiger partial charge in [0.05, 0.1) is 11.1 Å². The Morgan fingerprint density at radius 1 is 1.07 bits per heavy atom. The number of carbonyl (C=O) groups excluding carboxylic acids is 1. The number of amides is 1. The second-order valence-corrected chi connectivity index (χ2v) is 7.63. The van der Waals surface area contributed by atoms with Crippen molar-refractivity contribution >= 4 is 55.4 Å². The lowest BCUT2D eigenvalue weighted by molar-refractivity contribution is -0.116. The molecule has 6 nitrogen and oxygen atoms in total. The van der Waals surface area contributed by atoms with Crippen LogP contribution < -0.4 is 5.43 Å². The molecule has 0 saturated heterocycles. The summed E-state index contributed by atoms with van der Waals surface area (Å²) >= 11 is 3.63. The Kier molecular flexibility index (Phi) is 3.73. The van der Waals surface area contributed by atoms with Crippen LogP contribution in [0.25, 0.3) is 27.9 Å². The zero-order chi connectivity index (χ0) is 19.4. The summed E-state index contributed by atoms with van der Waals surface area (Å²) in [6.45, 7) is 0. The van der Waals surface area contributed by atoms with Crippen molar-refractivity contribution in [2.75, 3.05) is 0 Å². The van der Waals surface area contributed by atoms with E-state index in [0.717, 1.165) is 31.8 Å². The van der Waals surface area contributed by atoms with Crippen molar-refractivity contribution in [3.05, 3.63) is 70.0 Å². The van der Waals surface area contributed by atoms with E-state index in [2.05, 4.69) is 37.6 Å². The van der Waals surface area contributed by atoms with Crippen molar-refractivity contribution in [3.8, 4) is 0 Å². The highest BCUT2D eigenvalue weighted by Crippen LogP contribution is 2.31. The van der Waals surface area contributed by atoms with Crippen LogP contribution in [-0.2, 0) is 18.9 Å². The molecule has 2 aromatic heterocycles. The first-order valence-electron chi connectivity index (χ1n) is 8.80. The topological polar surface area (TPSA) is 64.2 Å². The quantitative estimate of drug-likeness (QED) is 0.489. The van der Waals surface area contributed by atoms with Gasteiger partial charge in [-0.15, -0.1) is 0 Å². The molecule has 1 amide bonds. The lowest BCUT2D eigenvalue weighted by Crippen LogP contribution is -2.14. The molecule has 0 atom stereocenters. The molecule has 0 aliphatic carbocycles. The van der Waals surface area contributed by atoms with Crippen molar-refractivity contribution in [2.24, 2.45) is 19.2 Å². The Morgan fingerprint density at radius 2 is 1.86 bits per heavy atom. The Hall–Kier alpha value is -3.19. The highest BCUT2D eigenvalue weighted by Gasteiger charge is 2.28. The molecule has 4 aromatic rings. The third kappa shape index (κ3) is 2.43. The molecule has 138 valence electrons. The first kappa shape index (κ1) is 16.9. The van der Waals surface area contributed by atoms with E-state index in [9.17, 15) is 4.79 Å². The fraction of sp³-hybridized carbons (Fsp3) is 0.0952. The molecule has 0 saturated carbocycles. The maximum absolute atomic E-state index is 12.6. The van der Waals surface area contributed by atoms with E-state index in [1.54, 1.807) is 0 Å². The van der Waals surface area contributed by atoms with Crippen molar-refractivity contribution in [1.82, 2.24) is 19.8 Å². The van der Waals surface area contributed by atoms with Crippen molar-refractivity contribution in [2.45, 2.75) is 0 Å². The SMILES string of the molecule is Cn1cc(C=C2C(=O)NN=C2c2nn(C)c3ccccc23)c2c(Br)cccc21. The predicted molar refractivity (Wildman–Crippen MR) is 114 cm³/mol. The van der Waals surface area contributed by atoms with Crippen LogP contribution in [-0.4, -0.2) is 26.0 Å². The number of fused-ring (bicyclic) bond motifs is 2. The molecule has 0 radical (unpaired) electrons. The zero-order valence-electron chi connectivity index (χ0n) is 15.3. The van der Waals surface area contributed by atoms with Gasteiger partial charge >= 0.3 is 0 Å². The minimum Gasteiger partial charge on any atom is -0.350 e. The number of nitrogens with zero attached hydrogens (tertiary/aromatic N) is 4. The minimum atomic E-state index is -0.228. The number of aryl methyl sites for hydroxylation is 2. The number of hydrogen-bond acceptors (Lipinski definition) is 3. The maximum atomic E-state index is 12.6. The maximum Gasteiger partial charge on any atom is 0.273 e. The summed E-state index contributed by atoms with van der Waals surface area (Å²) in [5, 5.41) is 10.9. The van der Waals surface area contributed by atoms with Crippen LogP contribution in [0.4, 0.5) is 0 Å². The lowest BCUT2D eigenvalue weighted by atomic mass is 10.0. The number of para-hydroxylation sites is 1. The van der Waals surface area contributed by atoms with Crippen LogP contribution in [0, 0.1) is 0 Å². The summed E-state index contributed by atoms with van der Waals surface area (Å²) in [6, 6.07) is 14.0. The van der Waals surface area contributed by atoms with Crippen LogP contribution in [0.3, 0.4) is 0 Å². The van der Waals surface area contributed by atoms with Gasteiger partial charge in [0.2, 0.25) is 0 Å². The molecule has 0 fully saturated rings. The summed E-state index contributed by atoms with van der Waals surface area (Å²) in [7, 11) is 3.88. The first-order chi connectivity index (χ1) is 13.5. The van der Waals surface area contributed by atoms with Gasteiger partial charge in [0, 0.05) is 46.6 Å². The lowest BCUT2D eigenvalue weighted by Gasteiger charge is -2.00. The van der Waals surface area contributed by atoms with Gasteiger partial charge in [0.15, 0.2) is 0 Å². The highest BCUT2D eigenvalue weighted by molar-refractivity contribution is 9.10. The third-order valence-electron chi connectivity index (χ3n) is 5.04. The molecule has 5 rings (SSSR count). The number of rotatable bonds is 2. The summed E-state index contributed by atoms with van der Waals surface area (Å²) in [5.74, 6) is -0.228. The van der Waals surface area contributed by atoms with E-state index >= 15 is 0 Å². The van der Waals surface area contributed by atoms with Gasteiger partial charge < -0.3 is 4.57 Å². The van der Waals surface area contributed by atoms with Crippen LogP contribution in [0.5, 0.6) is 0 Å². The van der Waals surface area contributed by atoms with Gasteiger partial charge in [-0.25, -0.2) is 5.43 Å².